The molecule has 0 atom stereocenters. The Labute approximate surface area is 155 Å². The molecule has 0 aliphatic carbocycles. The minimum absolute atomic E-state index is 0.0776. The number of phenolic OH excluding ortho intramolecular Hbond substituents is 2. The molecule has 3 N–H and O–H groups in total. The summed E-state index contributed by atoms with van der Waals surface area (Å²) in [6.07, 6.45) is 0. The van der Waals surface area contributed by atoms with Crippen LogP contribution in [0.4, 0.5) is 5.69 Å². The van der Waals surface area contributed by atoms with E-state index in [1.807, 2.05) is 54.6 Å². The summed E-state index contributed by atoms with van der Waals surface area (Å²) in [7, 11) is 0. The first kappa shape index (κ1) is 16.6. The number of carbonyl (C=O) groups excluding carboxylic acids is 1. The second-order valence-electron chi connectivity index (χ2n) is 6.09. The molecule has 0 fully saturated rings. The number of benzene rings is 3. The summed E-state index contributed by atoms with van der Waals surface area (Å²) in [6.45, 7) is 0. The summed E-state index contributed by atoms with van der Waals surface area (Å²) in [5.41, 5.74) is 2.98. The molecule has 0 aliphatic rings. The number of hydrogen-bond acceptors (Lipinski definition) is 4. The number of fused-ring (bicyclic) bond motifs is 1. The van der Waals surface area contributed by atoms with Crippen LogP contribution < -0.4 is 5.32 Å². The van der Waals surface area contributed by atoms with Gasteiger partial charge in [-0.15, -0.1) is 0 Å². The molecule has 3 aromatic carbocycles. The molecule has 0 aliphatic heterocycles. The van der Waals surface area contributed by atoms with Gasteiger partial charge >= 0.3 is 0 Å². The number of rotatable bonds is 3. The lowest BCUT2D eigenvalue weighted by molar-refractivity contribution is 0.102. The van der Waals surface area contributed by atoms with Crippen molar-refractivity contribution in [1.82, 2.24) is 4.98 Å². The Hall–Kier alpha value is -3.86. The van der Waals surface area contributed by atoms with E-state index in [0.29, 0.717) is 22.2 Å². The van der Waals surface area contributed by atoms with E-state index in [1.165, 1.54) is 18.2 Å². The van der Waals surface area contributed by atoms with Crippen LogP contribution in [0.15, 0.2) is 78.9 Å². The second kappa shape index (κ2) is 6.80. The van der Waals surface area contributed by atoms with Crippen molar-refractivity contribution in [3.63, 3.8) is 0 Å². The molecule has 132 valence electrons. The van der Waals surface area contributed by atoms with Crippen molar-refractivity contribution in [2.75, 3.05) is 5.32 Å². The average Bonchev–Trinajstić information content (AvgIpc) is 2.70. The number of phenols is 2. The number of carbonyl (C=O) groups is 1. The molecule has 4 rings (SSSR count). The van der Waals surface area contributed by atoms with Crippen LogP contribution in [-0.2, 0) is 0 Å². The molecule has 0 spiro atoms. The lowest BCUT2D eigenvalue weighted by atomic mass is 10.0. The third-order valence-electron chi connectivity index (χ3n) is 4.26. The smallest absolute Gasteiger partial charge is 0.256 e. The average molecular weight is 356 g/mol. The fourth-order valence-electron chi connectivity index (χ4n) is 2.94. The van der Waals surface area contributed by atoms with E-state index >= 15 is 0 Å². The molecule has 0 saturated carbocycles. The molecular weight excluding hydrogens is 340 g/mol. The lowest BCUT2D eigenvalue weighted by Crippen LogP contribution is -2.13. The van der Waals surface area contributed by atoms with E-state index in [-0.39, 0.29) is 23.1 Å². The van der Waals surface area contributed by atoms with Gasteiger partial charge in [0.1, 0.15) is 11.5 Å². The van der Waals surface area contributed by atoms with Gasteiger partial charge in [0.15, 0.2) is 0 Å². The van der Waals surface area contributed by atoms with Crippen LogP contribution in [0.5, 0.6) is 11.5 Å². The van der Waals surface area contributed by atoms with Crippen LogP contribution in [0.2, 0.25) is 0 Å². The van der Waals surface area contributed by atoms with E-state index in [9.17, 15) is 15.0 Å². The van der Waals surface area contributed by atoms with Crippen molar-refractivity contribution in [1.29, 1.82) is 0 Å². The summed E-state index contributed by atoms with van der Waals surface area (Å²) in [6, 6.07) is 22.8. The van der Waals surface area contributed by atoms with Gasteiger partial charge in [-0.05, 0) is 24.3 Å². The summed E-state index contributed by atoms with van der Waals surface area (Å²) in [4.78, 5) is 17.6. The molecule has 0 bridgehead atoms. The number of hydrogen-bond donors (Lipinski definition) is 3. The van der Waals surface area contributed by atoms with Gasteiger partial charge in [0.25, 0.3) is 5.91 Å². The Morgan fingerprint density at radius 1 is 0.852 bits per heavy atom. The highest BCUT2D eigenvalue weighted by Gasteiger charge is 2.15. The predicted octanol–water partition coefficient (Wildman–Crippen LogP) is 4.57. The van der Waals surface area contributed by atoms with Gasteiger partial charge in [-0.2, -0.15) is 0 Å². The normalized spacial score (nSPS) is 10.7. The van der Waals surface area contributed by atoms with Crippen LogP contribution in [0, 0.1) is 0 Å². The number of nitrogens with one attached hydrogen (secondary N) is 1. The molecule has 5 nitrogen and oxygen atoms in total. The topological polar surface area (TPSA) is 82.5 Å². The van der Waals surface area contributed by atoms with Gasteiger partial charge in [-0.3, -0.25) is 4.79 Å². The van der Waals surface area contributed by atoms with Crippen molar-refractivity contribution in [3.05, 3.63) is 84.4 Å². The van der Waals surface area contributed by atoms with Gasteiger partial charge < -0.3 is 15.5 Å². The van der Waals surface area contributed by atoms with Gasteiger partial charge in [0, 0.05) is 17.0 Å². The van der Waals surface area contributed by atoms with Crippen molar-refractivity contribution in [2.24, 2.45) is 0 Å². The molecule has 1 aromatic heterocycles. The van der Waals surface area contributed by atoms with Crippen LogP contribution in [-0.4, -0.2) is 21.1 Å². The van der Waals surface area contributed by atoms with Crippen molar-refractivity contribution in [3.8, 4) is 22.8 Å². The molecular formula is C22H16N2O3. The number of amides is 1. The van der Waals surface area contributed by atoms with Crippen LogP contribution in [0.3, 0.4) is 0 Å². The van der Waals surface area contributed by atoms with E-state index in [1.54, 1.807) is 6.07 Å². The number of para-hydroxylation sites is 1. The zero-order valence-corrected chi connectivity index (χ0v) is 14.3. The molecule has 4 aromatic rings. The van der Waals surface area contributed by atoms with E-state index in [2.05, 4.69) is 10.3 Å². The molecule has 5 heteroatoms. The highest BCUT2D eigenvalue weighted by atomic mass is 16.3. The Morgan fingerprint density at radius 3 is 2.37 bits per heavy atom. The monoisotopic (exact) mass is 356 g/mol. The largest absolute Gasteiger partial charge is 0.508 e. The summed E-state index contributed by atoms with van der Waals surface area (Å²) >= 11 is 0. The maximum Gasteiger partial charge on any atom is 0.256 e. The molecule has 27 heavy (non-hydrogen) atoms. The minimum Gasteiger partial charge on any atom is -0.508 e. The highest BCUT2D eigenvalue weighted by molar-refractivity contribution is 6.13. The molecule has 0 unspecified atom stereocenters. The van der Waals surface area contributed by atoms with E-state index < -0.39 is 0 Å². The fraction of sp³-hybridized carbons (Fsp3) is 0. The summed E-state index contributed by atoms with van der Waals surface area (Å²) < 4.78 is 0. The summed E-state index contributed by atoms with van der Waals surface area (Å²) in [5, 5.41) is 22.8. The minimum atomic E-state index is -0.369. The summed E-state index contributed by atoms with van der Waals surface area (Å²) in [5.74, 6) is -0.650. The maximum absolute atomic E-state index is 12.9. The molecule has 0 radical (unpaired) electrons. The van der Waals surface area contributed by atoms with Crippen molar-refractivity contribution in [2.45, 2.75) is 0 Å². The Balaban J connectivity index is 1.81. The first-order chi connectivity index (χ1) is 13.1. The molecule has 0 saturated heterocycles. The third kappa shape index (κ3) is 3.30. The second-order valence-corrected chi connectivity index (χ2v) is 6.09. The Morgan fingerprint density at radius 2 is 1.59 bits per heavy atom. The van der Waals surface area contributed by atoms with Crippen molar-refractivity contribution >= 4 is 22.5 Å². The predicted molar refractivity (Wildman–Crippen MR) is 105 cm³/mol. The zero-order chi connectivity index (χ0) is 18.8. The number of anilines is 1. The number of nitrogens with zero attached hydrogens (tertiary/aromatic N) is 1. The van der Waals surface area contributed by atoms with E-state index in [0.717, 1.165) is 5.56 Å². The number of pyridine rings is 1. The van der Waals surface area contributed by atoms with Crippen molar-refractivity contribution < 1.29 is 15.0 Å². The highest BCUT2D eigenvalue weighted by Crippen LogP contribution is 2.29. The molecule has 1 amide bonds. The van der Waals surface area contributed by atoms with Gasteiger partial charge in [-0.25, -0.2) is 4.98 Å². The van der Waals surface area contributed by atoms with Gasteiger partial charge in [-0.1, -0.05) is 48.5 Å². The lowest BCUT2D eigenvalue weighted by Gasteiger charge is -2.11. The Kier molecular flexibility index (Phi) is 4.18. The Bertz CT molecular complexity index is 1140. The van der Waals surface area contributed by atoms with Crippen LogP contribution in [0.25, 0.3) is 22.2 Å². The number of aromatic nitrogens is 1. The van der Waals surface area contributed by atoms with Gasteiger partial charge in [0.05, 0.1) is 22.5 Å². The quantitative estimate of drug-likeness (QED) is 0.371. The van der Waals surface area contributed by atoms with Crippen LogP contribution >= 0.6 is 0 Å². The SMILES string of the molecule is O=C(Nc1ccc(O)cc1O)c1cc(-c2ccccc2)nc2ccccc12. The molecule has 1 heterocycles. The number of aromatic hydroxyl groups is 2. The van der Waals surface area contributed by atoms with Crippen LogP contribution in [0.1, 0.15) is 10.4 Å². The first-order valence-corrected chi connectivity index (χ1v) is 8.40. The fourth-order valence-corrected chi connectivity index (χ4v) is 2.94. The third-order valence-corrected chi connectivity index (χ3v) is 4.26. The van der Waals surface area contributed by atoms with E-state index in [4.69, 9.17) is 0 Å². The zero-order valence-electron chi connectivity index (χ0n) is 14.3. The first-order valence-electron chi connectivity index (χ1n) is 8.40. The standard InChI is InChI=1S/C22H16N2O3/c25-15-10-11-19(21(26)12-15)24-22(27)17-13-20(14-6-2-1-3-7-14)23-18-9-5-4-8-16(17)18/h1-13,25-26H,(H,24,27). The maximum atomic E-state index is 12.9. The van der Waals surface area contributed by atoms with Gasteiger partial charge in [0.2, 0.25) is 0 Å².